The molecule has 7 unspecified atom stereocenters. The van der Waals surface area contributed by atoms with Crippen LogP contribution in [0.5, 0.6) is 0 Å². The zero-order valence-corrected chi connectivity index (χ0v) is 41.6. The molecule has 0 aromatic heterocycles. The number of ether oxygens (including phenoxy) is 2. The summed E-state index contributed by atoms with van der Waals surface area (Å²) >= 11 is 0. The van der Waals surface area contributed by atoms with Gasteiger partial charge in [0.2, 0.25) is 5.91 Å². The molecule has 1 fully saturated rings. The van der Waals surface area contributed by atoms with Gasteiger partial charge < -0.3 is 40.3 Å². The molecular weight excluding hydrogens is 839 g/mol. The first-order valence-corrected chi connectivity index (χ1v) is 25.9. The number of nitrogens with one attached hydrogen (secondary N) is 1. The Balaban J connectivity index is 2.17. The van der Waals surface area contributed by atoms with Crippen molar-refractivity contribution < 1.29 is 39.8 Å². The van der Waals surface area contributed by atoms with Gasteiger partial charge in [-0.3, -0.25) is 4.79 Å². The van der Waals surface area contributed by atoms with Gasteiger partial charge in [0.25, 0.3) is 0 Å². The predicted molar refractivity (Wildman–Crippen MR) is 280 cm³/mol. The third-order valence-corrected chi connectivity index (χ3v) is 11.3. The van der Waals surface area contributed by atoms with Crippen LogP contribution in [0.15, 0.2) is 134 Å². The van der Waals surface area contributed by atoms with Crippen LogP contribution in [0.3, 0.4) is 0 Å². The maximum absolute atomic E-state index is 12.9. The molecule has 0 bridgehead atoms. The van der Waals surface area contributed by atoms with Gasteiger partial charge in [0.05, 0.1) is 25.4 Å². The average Bonchev–Trinajstić information content (AvgIpc) is 3.33. The Kier molecular flexibility index (Phi) is 42.2. The van der Waals surface area contributed by atoms with Crippen molar-refractivity contribution in [2.24, 2.45) is 0 Å². The van der Waals surface area contributed by atoms with Crippen LogP contribution in [-0.2, 0) is 14.3 Å². The van der Waals surface area contributed by atoms with E-state index in [9.17, 15) is 30.3 Å². The van der Waals surface area contributed by atoms with E-state index >= 15 is 0 Å². The summed E-state index contributed by atoms with van der Waals surface area (Å²) in [5.41, 5.74) is 0. The zero-order valence-electron chi connectivity index (χ0n) is 41.6. The number of carbonyl (C=O) groups excluding carboxylic acids is 1. The van der Waals surface area contributed by atoms with Gasteiger partial charge in [0, 0.05) is 6.42 Å². The first-order chi connectivity index (χ1) is 32.8. The quantitative estimate of drug-likeness (QED) is 0.0262. The van der Waals surface area contributed by atoms with E-state index < -0.39 is 49.5 Å². The Bertz CT molecular complexity index is 1500. The highest BCUT2D eigenvalue weighted by Gasteiger charge is 2.44. The second-order valence-electron chi connectivity index (χ2n) is 17.2. The molecule has 0 aliphatic carbocycles. The first kappa shape index (κ1) is 61.3. The lowest BCUT2D eigenvalue weighted by molar-refractivity contribution is -0.302. The molecule has 1 aliphatic heterocycles. The summed E-state index contributed by atoms with van der Waals surface area (Å²) in [6.45, 7) is 3.62. The van der Waals surface area contributed by atoms with E-state index in [4.69, 9.17) is 9.47 Å². The van der Waals surface area contributed by atoms with Crippen LogP contribution >= 0.6 is 0 Å². The zero-order chi connectivity index (χ0) is 48.7. The summed E-state index contributed by atoms with van der Waals surface area (Å²) in [5, 5.41) is 54.1. The van der Waals surface area contributed by atoms with Gasteiger partial charge in [-0.05, 0) is 96.3 Å². The number of hydrogen-bond donors (Lipinski definition) is 6. The van der Waals surface area contributed by atoms with Crippen molar-refractivity contribution in [3.05, 3.63) is 134 Å². The number of allylic oxidation sites excluding steroid dienone is 22. The number of amides is 1. The van der Waals surface area contributed by atoms with Crippen LogP contribution in [-0.4, -0.2) is 87.5 Å². The molecule has 1 rings (SSSR count). The summed E-state index contributed by atoms with van der Waals surface area (Å²) in [6.07, 6.45) is 63.6. The topological polar surface area (TPSA) is 149 Å². The Morgan fingerprint density at radius 3 is 1.36 bits per heavy atom. The number of aliphatic hydroxyl groups is 5. The van der Waals surface area contributed by atoms with Crippen molar-refractivity contribution in [3.63, 3.8) is 0 Å². The largest absolute Gasteiger partial charge is 0.394 e. The molecule has 378 valence electrons. The molecule has 0 aromatic carbocycles. The molecule has 1 aliphatic rings. The van der Waals surface area contributed by atoms with E-state index in [1.54, 1.807) is 0 Å². The molecule has 1 amide bonds. The number of aliphatic hydroxyl groups excluding tert-OH is 5. The summed E-state index contributed by atoms with van der Waals surface area (Å²) in [6, 6.07) is -0.744. The maximum Gasteiger partial charge on any atom is 0.220 e. The Hall–Kier alpha value is -3.67. The molecule has 0 aromatic rings. The Morgan fingerprint density at radius 1 is 0.522 bits per heavy atom. The molecule has 9 nitrogen and oxygen atoms in total. The van der Waals surface area contributed by atoms with Crippen molar-refractivity contribution in [3.8, 4) is 0 Å². The minimum Gasteiger partial charge on any atom is -0.394 e. The predicted octanol–water partition coefficient (Wildman–Crippen LogP) is 12.2. The minimum atomic E-state index is -1.57. The van der Waals surface area contributed by atoms with Crippen LogP contribution in [0.25, 0.3) is 0 Å². The van der Waals surface area contributed by atoms with E-state index in [0.29, 0.717) is 12.8 Å². The minimum absolute atomic E-state index is 0.162. The van der Waals surface area contributed by atoms with Crippen LogP contribution in [0.2, 0.25) is 0 Å². The molecule has 67 heavy (non-hydrogen) atoms. The van der Waals surface area contributed by atoms with Crippen LogP contribution < -0.4 is 5.32 Å². The van der Waals surface area contributed by atoms with Crippen LogP contribution in [0.1, 0.15) is 168 Å². The standard InChI is InChI=1S/C58H93NO8/c1-3-5-7-9-11-12-13-14-15-16-17-18-19-20-21-22-23-24-25-26-27-28-29-30-31-32-33-34-35-36-37-38-39-40-42-44-46-48-54(62)59-51(52(61)47-45-43-41-10-8-6-4-2)50-66-58-57(65)56(64)55(63)53(49-60)67-58/h5,7,11-12,14-15,17-18,20-21,23-24,26-27,29-30,32-33,35-36,38-39,51-53,55-58,60-61,63-65H,3-4,6,8-10,13,16,19,22,25,28,31,34,37,40-50H2,1-2H3,(H,59,62)/b7-5-,12-11-,15-14-,18-17-,21-20-,24-23-,27-26-,30-29-,33-32-,36-35-,39-38-. The molecule has 0 spiro atoms. The molecular formula is C58H93NO8. The molecule has 7 atom stereocenters. The smallest absolute Gasteiger partial charge is 0.220 e. The van der Waals surface area contributed by atoms with Crippen molar-refractivity contribution >= 4 is 5.91 Å². The van der Waals surface area contributed by atoms with Crippen molar-refractivity contribution in [1.82, 2.24) is 5.32 Å². The molecule has 1 saturated heterocycles. The van der Waals surface area contributed by atoms with Gasteiger partial charge in [0.15, 0.2) is 6.29 Å². The summed E-state index contributed by atoms with van der Waals surface area (Å²) < 4.78 is 11.2. The lowest BCUT2D eigenvalue weighted by Gasteiger charge is -2.40. The van der Waals surface area contributed by atoms with E-state index in [1.165, 1.54) is 25.7 Å². The Morgan fingerprint density at radius 2 is 0.925 bits per heavy atom. The lowest BCUT2D eigenvalue weighted by Crippen LogP contribution is -2.60. The van der Waals surface area contributed by atoms with E-state index in [-0.39, 0.29) is 12.5 Å². The second kappa shape index (κ2) is 46.1. The highest BCUT2D eigenvalue weighted by atomic mass is 16.7. The second-order valence-corrected chi connectivity index (χ2v) is 17.2. The third-order valence-electron chi connectivity index (χ3n) is 11.3. The summed E-state index contributed by atoms with van der Waals surface area (Å²) in [4.78, 5) is 12.9. The third kappa shape index (κ3) is 36.0. The molecule has 0 saturated carbocycles. The number of hydrogen-bond acceptors (Lipinski definition) is 8. The number of carbonyl (C=O) groups is 1. The van der Waals surface area contributed by atoms with E-state index in [2.05, 4.69) is 153 Å². The van der Waals surface area contributed by atoms with E-state index in [1.807, 2.05) is 0 Å². The fourth-order valence-electron chi connectivity index (χ4n) is 7.16. The highest BCUT2D eigenvalue weighted by Crippen LogP contribution is 2.23. The van der Waals surface area contributed by atoms with Gasteiger partial charge in [-0.15, -0.1) is 0 Å². The monoisotopic (exact) mass is 932 g/mol. The molecule has 0 radical (unpaired) electrons. The Labute approximate surface area is 407 Å². The van der Waals surface area contributed by atoms with Gasteiger partial charge in [-0.1, -0.05) is 199 Å². The van der Waals surface area contributed by atoms with Gasteiger partial charge in [0.1, 0.15) is 24.4 Å². The SMILES string of the molecule is CC/C=C\C/C=C\C/C=C\C/C=C\C/C=C\C/C=C\C/C=C\C/C=C\C/C=C\C/C=C\C/C=C\CCCCCC(=O)NC(COC1OC(CO)C(O)C(O)C1O)C(O)CCCCCCCCC. The van der Waals surface area contributed by atoms with Gasteiger partial charge >= 0.3 is 0 Å². The van der Waals surface area contributed by atoms with Crippen molar-refractivity contribution in [1.29, 1.82) is 0 Å². The fraction of sp³-hybridized carbons (Fsp3) is 0.603. The highest BCUT2D eigenvalue weighted by molar-refractivity contribution is 5.76. The average molecular weight is 932 g/mol. The maximum atomic E-state index is 12.9. The van der Waals surface area contributed by atoms with E-state index in [0.717, 1.165) is 116 Å². The fourth-order valence-corrected chi connectivity index (χ4v) is 7.16. The van der Waals surface area contributed by atoms with Crippen molar-refractivity contribution in [2.45, 2.75) is 211 Å². The normalized spacial score (nSPS) is 20.9. The lowest BCUT2D eigenvalue weighted by atomic mass is 9.99. The number of rotatable bonds is 41. The summed E-state index contributed by atoms with van der Waals surface area (Å²) in [5.74, 6) is -0.188. The number of unbranched alkanes of at least 4 members (excludes halogenated alkanes) is 9. The van der Waals surface area contributed by atoms with Crippen LogP contribution in [0.4, 0.5) is 0 Å². The van der Waals surface area contributed by atoms with Gasteiger partial charge in [-0.25, -0.2) is 0 Å². The summed E-state index contributed by atoms with van der Waals surface area (Å²) in [7, 11) is 0. The van der Waals surface area contributed by atoms with Crippen molar-refractivity contribution in [2.75, 3.05) is 13.2 Å². The molecule has 6 N–H and O–H groups in total. The van der Waals surface area contributed by atoms with Gasteiger partial charge in [-0.2, -0.15) is 0 Å². The molecule has 1 heterocycles. The van der Waals surface area contributed by atoms with Crippen LogP contribution in [0, 0.1) is 0 Å². The first-order valence-electron chi connectivity index (χ1n) is 25.9. The molecule has 9 heteroatoms.